The van der Waals surface area contributed by atoms with E-state index in [-0.39, 0.29) is 17.8 Å². The van der Waals surface area contributed by atoms with E-state index in [4.69, 9.17) is 0 Å². The van der Waals surface area contributed by atoms with Crippen LogP contribution in [-0.2, 0) is 7.05 Å². The van der Waals surface area contributed by atoms with Gasteiger partial charge in [0.2, 0.25) is 5.82 Å². The number of nitrogens with one attached hydrogen (secondary N) is 1. The van der Waals surface area contributed by atoms with E-state index in [1.165, 1.54) is 12.8 Å². The third-order valence-corrected chi connectivity index (χ3v) is 5.45. The number of fused-ring (bicyclic) bond motifs is 1. The first-order valence-electron chi connectivity index (χ1n) is 9.37. The van der Waals surface area contributed by atoms with E-state index in [9.17, 15) is 4.79 Å². The average molecular weight is 342 g/mol. The number of amides is 1. The summed E-state index contributed by atoms with van der Waals surface area (Å²) in [5, 5.41) is 8.43. The zero-order chi connectivity index (χ0) is 17.4. The summed E-state index contributed by atoms with van der Waals surface area (Å²) in [6.45, 7) is 4.22. The van der Waals surface area contributed by atoms with Gasteiger partial charge in [-0.2, -0.15) is 5.10 Å². The molecule has 3 heterocycles. The Morgan fingerprint density at radius 3 is 2.60 bits per heavy atom. The Morgan fingerprint density at radius 1 is 1.16 bits per heavy atom. The van der Waals surface area contributed by atoms with Crippen LogP contribution in [0.3, 0.4) is 0 Å². The van der Waals surface area contributed by atoms with Crippen LogP contribution in [0.25, 0.3) is 11.0 Å². The first-order valence-corrected chi connectivity index (χ1v) is 9.37. The Bertz CT molecular complexity index is 771. The molecule has 0 unspecified atom stereocenters. The molecule has 7 heteroatoms. The highest BCUT2D eigenvalue weighted by Crippen LogP contribution is 2.27. The maximum atomic E-state index is 12.6. The number of hydrogen-bond donors (Lipinski definition) is 1. The first-order chi connectivity index (χ1) is 12.1. The fraction of sp³-hybridized carbons (Fsp3) is 0.667. The van der Waals surface area contributed by atoms with Crippen molar-refractivity contribution in [2.24, 2.45) is 13.0 Å². The van der Waals surface area contributed by atoms with Crippen LogP contribution >= 0.6 is 0 Å². The SMILES string of the molecule is CC1CCN(c2nc(C(=O)NC3CCCC3)nc3nn(C)cc23)CC1. The molecule has 2 aromatic heterocycles. The maximum Gasteiger partial charge on any atom is 0.289 e. The quantitative estimate of drug-likeness (QED) is 0.926. The molecule has 1 aliphatic carbocycles. The van der Waals surface area contributed by atoms with Gasteiger partial charge in [-0.05, 0) is 31.6 Å². The van der Waals surface area contributed by atoms with Crippen molar-refractivity contribution in [2.45, 2.75) is 51.5 Å². The fourth-order valence-corrected chi connectivity index (χ4v) is 3.89. The van der Waals surface area contributed by atoms with Crippen LogP contribution in [0.5, 0.6) is 0 Å². The molecular weight excluding hydrogens is 316 g/mol. The lowest BCUT2D eigenvalue weighted by Crippen LogP contribution is -2.36. The second-order valence-corrected chi connectivity index (χ2v) is 7.54. The van der Waals surface area contributed by atoms with E-state index in [0.29, 0.717) is 5.65 Å². The highest BCUT2D eigenvalue weighted by atomic mass is 16.2. The van der Waals surface area contributed by atoms with Crippen molar-refractivity contribution in [3.63, 3.8) is 0 Å². The number of hydrogen-bond acceptors (Lipinski definition) is 5. The summed E-state index contributed by atoms with van der Waals surface area (Å²) in [6.07, 6.45) is 8.71. The Labute approximate surface area is 147 Å². The van der Waals surface area contributed by atoms with E-state index < -0.39 is 0 Å². The van der Waals surface area contributed by atoms with Crippen molar-refractivity contribution >= 4 is 22.8 Å². The minimum absolute atomic E-state index is 0.175. The van der Waals surface area contributed by atoms with Crippen molar-refractivity contribution in [1.29, 1.82) is 0 Å². The Balaban J connectivity index is 1.66. The molecule has 0 radical (unpaired) electrons. The monoisotopic (exact) mass is 342 g/mol. The van der Waals surface area contributed by atoms with Gasteiger partial charge in [0.15, 0.2) is 5.65 Å². The number of aryl methyl sites for hydroxylation is 1. The smallest absolute Gasteiger partial charge is 0.289 e. The summed E-state index contributed by atoms with van der Waals surface area (Å²) in [7, 11) is 1.88. The molecule has 1 saturated heterocycles. The van der Waals surface area contributed by atoms with Crippen LogP contribution in [0.2, 0.25) is 0 Å². The van der Waals surface area contributed by atoms with E-state index in [0.717, 1.165) is 55.9 Å². The Morgan fingerprint density at radius 2 is 1.88 bits per heavy atom. The third kappa shape index (κ3) is 3.32. The standard InChI is InChI=1S/C18H26N6O/c1-12-7-9-24(10-8-12)17-14-11-23(2)22-15(14)20-16(21-17)18(25)19-13-5-3-4-6-13/h11-13H,3-10H2,1-2H3,(H,19,25). The van der Waals surface area contributed by atoms with Crippen molar-refractivity contribution < 1.29 is 4.79 Å². The van der Waals surface area contributed by atoms with E-state index in [1.54, 1.807) is 4.68 Å². The molecule has 25 heavy (non-hydrogen) atoms. The zero-order valence-electron chi connectivity index (χ0n) is 15.0. The third-order valence-electron chi connectivity index (χ3n) is 5.45. The normalized spacial score (nSPS) is 19.7. The number of rotatable bonds is 3. The van der Waals surface area contributed by atoms with Gasteiger partial charge in [-0.3, -0.25) is 9.48 Å². The molecule has 2 aliphatic rings. The molecule has 1 amide bonds. The molecule has 1 aliphatic heterocycles. The molecule has 0 bridgehead atoms. The number of carbonyl (C=O) groups excluding carboxylic acids is 1. The zero-order valence-corrected chi connectivity index (χ0v) is 15.0. The van der Waals surface area contributed by atoms with Crippen molar-refractivity contribution in [3.8, 4) is 0 Å². The van der Waals surface area contributed by atoms with Gasteiger partial charge < -0.3 is 10.2 Å². The predicted molar refractivity (Wildman–Crippen MR) is 96.6 cm³/mol. The van der Waals surface area contributed by atoms with Gasteiger partial charge in [0.1, 0.15) is 5.82 Å². The van der Waals surface area contributed by atoms with E-state index in [2.05, 4.69) is 32.2 Å². The van der Waals surface area contributed by atoms with E-state index in [1.807, 2.05) is 13.2 Å². The molecule has 0 spiro atoms. The fourth-order valence-electron chi connectivity index (χ4n) is 3.89. The van der Waals surface area contributed by atoms with Gasteiger partial charge in [-0.25, -0.2) is 9.97 Å². The van der Waals surface area contributed by atoms with Crippen molar-refractivity contribution in [2.75, 3.05) is 18.0 Å². The van der Waals surface area contributed by atoms with Crippen LogP contribution in [0.4, 0.5) is 5.82 Å². The Hall–Kier alpha value is -2.18. The molecule has 2 fully saturated rings. The molecule has 0 aromatic carbocycles. The summed E-state index contributed by atoms with van der Waals surface area (Å²) < 4.78 is 1.74. The lowest BCUT2D eigenvalue weighted by atomic mass is 9.99. The largest absolute Gasteiger partial charge is 0.356 e. The molecule has 2 aromatic rings. The lowest BCUT2D eigenvalue weighted by Gasteiger charge is -2.31. The molecule has 1 N–H and O–H groups in total. The Kier molecular flexibility index (Phi) is 4.31. The number of carbonyl (C=O) groups is 1. The summed E-state index contributed by atoms with van der Waals surface area (Å²) >= 11 is 0. The van der Waals surface area contributed by atoms with Gasteiger partial charge in [-0.1, -0.05) is 19.8 Å². The minimum atomic E-state index is -0.175. The van der Waals surface area contributed by atoms with E-state index >= 15 is 0 Å². The van der Waals surface area contributed by atoms with Gasteiger partial charge in [0.25, 0.3) is 5.91 Å². The van der Waals surface area contributed by atoms with Crippen LogP contribution < -0.4 is 10.2 Å². The topological polar surface area (TPSA) is 75.9 Å². The molecular formula is C18H26N6O. The van der Waals surface area contributed by atoms with Gasteiger partial charge >= 0.3 is 0 Å². The molecule has 134 valence electrons. The number of nitrogens with zero attached hydrogens (tertiary/aromatic N) is 5. The summed E-state index contributed by atoms with van der Waals surface area (Å²) in [5.74, 6) is 1.66. The first kappa shape index (κ1) is 16.3. The highest BCUT2D eigenvalue weighted by Gasteiger charge is 2.25. The number of piperidine rings is 1. The summed E-state index contributed by atoms with van der Waals surface area (Å²) in [4.78, 5) is 24.0. The molecule has 7 nitrogen and oxygen atoms in total. The summed E-state index contributed by atoms with van der Waals surface area (Å²) in [5.41, 5.74) is 0.600. The molecule has 4 rings (SSSR count). The highest BCUT2D eigenvalue weighted by molar-refractivity contribution is 5.95. The summed E-state index contributed by atoms with van der Waals surface area (Å²) in [6, 6.07) is 0.259. The van der Waals surface area contributed by atoms with Gasteiger partial charge in [0, 0.05) is 32.4 Å². The maximum absolute atomic E-state index is 12.6. The van der Waals surface area contributed by atoms with Crippen LogP contribution in [0, 0.1) is 5.92 Å². The minimum Gasteiger partial charge on any atom is -0.356 e. The van der Waals surface area contributed by atoms with Gasteiger partial charge in [0.05, 0.1) is 5.39 Å². The molecule has 0 atom stereocenters. The van der Waals surface area contributed by atoms with Gasteiger partial charge in [-0.15, -0.1) is 0 Å². The number of aromatic nitrogens is 4. The van der Waals surface area contributed by atoms with Crippen LogP contribution in [0.1, 0.15) is 56.1 Å². The average Bonchev–Trinajstić information content (AvgIpc) is 3.23. The molecule has 1 saturated carbocycles. The van der Waals surface area contributed by atoms with Crippen LogP contribution in [0.15, 0.2) is 6.20 Å². The lowest BCUT2D eigenvalue weighted by molar-refractivity contribution is 0.0927. The predicted octanol–water partition coefficient (Wildman–Crippen LogP) is 2.27. The van der Waals surface area contributed by atoms with Crippen molar-refractivity contribution in [1.82, 2.24) is 25.1 Å². The van der Waals surface area contributed by atoms with Crippen LogP contribution in [-0.4, -0.2) is 44.8 Å². The second kappa shape index (κ2) is 6.61. The number of anilines is 1. The van der Waals surface area contributed by atoms with Crippen molar-refractivity contribution in [3.05, 3.63) is 12.0 Å². The second-order valence-electron chi connectivity index (χ2n) is 7.54.